The Morgan fingerprint density at radius 3 is 2.50 bits per heavy atom. The predicted octanol–water partition coefficient (Wildman–Crippen LogP) is 0.504. The van der Waals surface area contributed by atoms with E-state index in [0.29, 0.717) is 32.7 Å². The van der Waals surface area contributed by atoms with Crippen LogP contribution in [-0.4, -0.2) is 55.1 Å². The number of carbonyl (C=O) groups excluding carboxylic acids is 2. The summed E-state index contributed by atoms with van der Waals surface area (Å²) in [5.41, 5.74) is 6.03. The molecule has 1 aliphatic carbocycles. The van der Waals surface area contributed by atoms with Crippen molar-refractivity contribution in [3.8, 4) is 0 Å². The van der Waals surface area contributed by atoms with Crippen LogP contribution in [-0.2, 0) is 14.3 Å². The SMILES string of the molecule is CC(C)C(NC(=O)C[C@@H]1CCC[C@H]1N)C(=O)N1CCOCC1. The smallest absolute Gasteiger partial charge is 0.245 e. The number of nitrogens with zero attached hydrogens (tertiary/aromatic N) is 1. The molecule has 6 heteroatoms. The van der Waals surface area contributed by atoms with Crippen LogP contribution in [0.5, 0.6) is 0 Å². The summed E-state index contributed by atoms with van der Waals surface area (Å²) in [6.07, 6.45) is 3.54. The second-order valence-corrected chi connectivity index (χ2v) is 6.79. The fraction of sp³-hybridized carbons (Fsp3) is 0.875. The molecule has 1 saturated heterocycles. The maximum Gasteiger partial charge on any atom is 0.245 e. The highest BCUT2D eigenvalue weighted by atomic mass is 16.5. The molecule has 22 heavy (non-hydrogen) atoms. The maximum atomic E-state index is 12.6. The summed E-state index contributed by atoms with van der Waals surface area (Å²) in [6, 6.07) is -0.332. The molecule has 0 aromatic rings. The molecule has 0 bridgehead atoms. The topological polar surface area (TPSA) is 84.7 Å². The maximum absolute atomic E-state index is 12.6. The van der Waals surface area contributed by atoms with Crippen molar-refractivity contribution in [1.29, 1.82) is 0 Å². The zero-order valence-electron chi connectivity index (χ0n) is 13.7. The van der Waals surface area contributed by atoms with Gasteiger partial charge in [-0.1, -0.05) is 20.3 Å². The third-order valence-electron chi connectivity index (χ3n) is 4.74. The van der Waals surface area contributed by atoms with Gasteiger partial charge in [-0.2, -0.15) is 0 Å². The molecule has 3 N–H and O–H groups in total. The lowest BCUT2D eigenvalue weighted by molar-refractivity contribution is -0.141. The van der Waals surface area contributed by atoms with Crippen LogP contribution in [0.15, 0.2) is 0 Å². The monoisotopic (exact) mass is 311 g/mol. The summed E-state index contributed by atoms with van der Waals surface area (Å²) in [5, 5.41) is 2.93. The van der Waals surface area contributed by atoms with Crippen molar-refractivity contribution in [2.24, 2.45) is 17.6 Å². The van der Waals surface area contributed by atoms with E-state index in [0.717, 1.165) is 19.3 Å². The number of nitrogens with two attached hydrogens (primary N) is 1. The predicted molar refractivity (Wildman–Crippen MR) is 84.1 cm³/mol. The molecule has 1 heterocycles. The zero-order chi connectivity index (χ0) is 16.1. The number of carbonyl (C=O) groups is 2. The molecule has 0 aromatic carbocycles. The highest BCUT2D eigenvalue weighted by Gasteiger charge is 2.31. The molecule has 6 nitrogen and oxygen atoms in total. The van der Waals surface area contributed by atoms with Gasteiger partial charge < -0.3 is 20.7 Å². The van der Waals surface area contributed by atoms with E-state index in [1.165, 1.54) is 0 Å². The fourth-order valence-corrected chi connectivity index (χ4v) is 3.28. The highest BCUT2D eigenvalue weighted by molar-refractivity contribution is 5.88. The minimum Gasteiger partial charge on any atom is -0.378 e. The number of hydrogen-bond acceptors (Lipinski definition) is 4. The normalized spacial score (nSPS) is 27.0. The Balaban J connectivity index is 1.90. The van der Waals surface area contributed by atoms with Crippen molar-refractivity contribution in [1.82, 2.24) is 10.2 Å². The van der Waals surface area contributed by atoms with Crippen LogP contribution in [0.3, 0.4) is 0 Å². The fourth-order valence-electron chi connectivity index (χ4n) is 3.28. The summed E-state index contributed by atoms with van der Waals surface area (Å²) < 4.78 is 5.28. The van der Waals surface area contributed by atoms with Crippen molar-refractivity contribution in [3.05, 3.63) is 0 Å². The largest absolute Gasteiger partial charge is 0.378 e. The molecule has 1 unspecified atom stereocenters. The molecule has 3 atom stereocenters. The van der Waals surface area contributed by atoms with Crippen molar-refractivity contribution < 1.29 is 14.3 Å². The first kappa shape index (κ1) is 17.2. The van der Waals surface area contributed by atoms with Crippen molar-refractivity contribution >= 4 is 11.8 Å². The average molecular weight is 311 g/mol. The quantitative estimate of drug-likeness (QED) is 0.774. The molecule has 1 saturated carbocycles. The standard InChI is InChI=1S/C16H29N3O3/c1-11(2)15(16(21)19-6-8-22-9-7-19)18-14(20)10-12-4-3-5-13(12)17/h11-13,15H,3-10,17H2,1-2H3,(H,18,20)/t12-,13+,15?/m0/s1. The Labute approximate surface area is 132 Å². The van der Waals surface area contributed by atoms with E-state index in [4.69, 9.17) is 10.5 Å². The van der Waals surface area contributed by atoms with Crippen LogP contribution in [0.1, 0.15) is 39.5 Å². The van der Waals surface area contributed by atoms with Gasteiger partial charge in [0.25, 0.3) is 0 Å². The Bertz CT molecular complexity index is 394. The van der Waals surface area contributed by atoms with Gasteiger partial charge in [-0.25, -0.2) is 0 Å². The minimum absolute atomic E-state index is 0.00219. The van der Waals surface area contributed by atoms with Crippen LogP contribution < -0.4 is 11.1 Å². The van der Waals surface area contributed by atoms with E-state index in [1.807, 2.05) is 13.8 Å². The summed E-state index contributed by atoms with van der Waals surface area (Å²) in [5.74, 6) is 0.271. The minimum atomic E-state index is -0.455. The van der Waals surface area contributed by atoms with Crippen LogP contribution >= 0.6 is 0 Å². The lowest BCUT2D eigenvalue weighted by Crippen LogP contribution is -2.54. The molecule has 2 fully saturated rings. The number of nitrogens with one attached hydrogen (secondary N) is 1. The highest BCUT2D eigenvalue weighted by Crippen LogP contribution is 2.26. The molecule has 0 spiro atoms. The lowest BCUT2D eigenvalue weighted by atomic mass is 9.98. The average Bonchev–Trinajstić information content (AvgIpc) is 2.90. The van der Waals surface area contributed by atoms with Gasteiger partial charge in [0.1, 0.15) is 6.04 Å². The van der Waals surface area contributed by atoms with Crippen LogP contribution in [0.4, 0.5) is 0 Å². The molecule has 2 amide bonds. The second kappa shape index (κ2) is 7.92. The number of amides is 2. The first-order chi connectivity index (χ1) is 10.5. The Morgan fingerprint density at radius 1 is 1.27 bits per heavy atom. The van der Waals surface area contributed by atoms with Crippen molar-refractivity contribution in [3.63, 3.8) is 0 Å². The first-order valence-electron chi connectivity index (χ1n) is 8.40. The Kier molecular flexibility index (Phi) is 6.20. The van der Waals surface area contributed by atoms with Crippen molar-refractivity contribution in [2.45, 2.75) is 51.6 Å². The van der Waals surface area contributed by atoms with Gasteiger partial charge in [0.2, 0.25) is 11.8 Å². The molecular weight excluding hydrogens is 282 g/mol. The second-order valence-electron chi connectivity index (χ2n) is 6.79. The lowest BCUT2D eigenvalue weighted by Gasteiger charge is -2.32. The molecule has 1 aliphatic heterocycles. The van der Waals surface area contributed by atoms with E-state index >= 15 is 0 Å². The van der Waals surface area contributed by atoms with Gasteiger partial charge in [0, 0.05) is 25.6 Å². The molecular formula is C16H29N3O3. The molecule has 0 radical (unpaired) electrons. The van der Waals surface area contributed by atoms with Gasteiger partial charge in [0.15, 0.2) is 0 Å². The summed E-state index contributed by atoms with van der Waals surface area (Å²) in [6.45, 7) is 6.27. The van der Waals surface area contributed by atoms with Crippen LogP contribution in [0, 0.1) is 11.8 Å². The van der Waals surface area contributed by atoms with E-state index < -0.39 is 6.04 Å². The van der Waals surface area contributed by atoms with E-state index in [-0.39, 0.29) is 29.7 Å². The Hall–Kier alpha value is -1.14. The van der Waals surface area contributed by atoms with Gasteiger partial charge in [-0.15, -0.1) is 0 Å². The van der Waals surface area contributed by atoms with E-state index in [9.17, 15) is 9.59 Å². The summed E-state index contributed by atoms with van der Waals surface area (Å²) in [4.78, 5) is 26.7. The molecule has 126 valence electrons. The van der Waals surface area contributed by atoms with Gasteiger partial charge in [-0.3, -0.25) is 9.59 Å². The number of ether oxygens (including phenoxy) is 1. The van der Waals surface area contributed by atoms with Gasteiger partial charge in [0.05, 0.1) is 13.2 Å². The van der Waals surface area contributed by atoms with E-state index in [2.05, 4.69) is 5.32 Å². The van der Waals surface area contributed by atoms with E-state index in [1.54, 1.807) is 4.90 Å². The van der Waals surface area contributed by atoms with Gasteiger partial charge in [-0.05, 0) is 24.7 Å². The third kappa shape index (κ3) is 4.43. The first-order valence-corrected chi connectivity index (χ1v) is 8.40. The number of hydrogen-bond donors (Lipinski definition) is 2. The summed E-state index contributed by atoms with van der Waals surface area (Å²) in [7, 11) is 0. The third-order valence-corrected chi connectivity index (χ3v) is 4.74. The zero-order valence-corrected chi connectivity index (χ0v) is 13.7. The molecule has 0 aromatic heterocycles. The molecule has 2 aliphatic rings. The van der Waals surface area contributed by atoms with Crippen LogP contribution in [0.25, 0.3) is 0 Å². The van der Waals surface area contributed by atoms with Crippen molar-refractivity contribution in [2.75, 3.05) is 26.3 Å². The molecule has 2 rings (SSSR count). The summed E-state index contributed by atoms with van der Waals surface area (Å²) >= 11 is 0. The number of morpholine rings is 1. The van der Waals surface area contributed by atoms with Gasteiger partial charge >= 0.3 is 0 Å². The van der Waals surface area contributed by atoms with Crippen LogP contribution in [0.2, 0.25) is 0 Å². The number of rotatable bonds is 5. The Morgan fingerprint density at radius 2 is 1.95 bits per heavy atom.